The molecule has 21 heavy (non-hydrogen) atoms. The zero-order valence-corrected chi connectivity index (χ0v) is 14.4. The monoisotopic (exact) mass is 317 g/mol. The molecule has 2 aliphatic rings. The summed E-state index contributed by atoms with van der Waals surface area (Å²) in [6, 6.07) is 0. The van der Waals surface area contributed by atoms with Crippen LogP contribution in [0, 0.1) is 5.92 Å². The van der Waals surface area contributed by atoms with Gasteiger partial charge in [0.1, 0.15) is 0 Å². The lowest BCUT2D eigenvalue weighted by molar-refractivity contribution is 0.121. The first-order valence-corrected chi connectivity index (χ1v) is 9.76. The van der Waals surface area contributed by atoms with Crippen molar-refractivity contribution in [1.82, 2.24) is 8.61 Å². The number of rotatable bonds is 4. The Balaban J connectivity index is 2.20. The lowest BCUT2D eigenvalue weighted by Crippen LogP contribution is -2.59. The summed E-state index contributed by atoms with van der Waals surface area (Å²) in [5, 5.41) is 0. The summed E-state index contributed by atoms with van der Waals surface area (Å²) in [6.45, 7) is 3.93. The van der Waals surface area contributed by atoms with Crippen LogP contribution in [-0.4, -0.2) is 49.2 Å². The van der Waals surface area contributed by atoms with E-state index in [1.54, 1.807) is 15.7 Å². The molecule has 2 fully saturated rings. The van der Waals surface area contributed by atoms with Crippen molar-refractivity contribution in [2.24, 2.45) is 11.7 Å². The average molecular weight is 317 g/mol. The van der Waals surface area contributed by atoms with Gasteiger partial charge < -0.3 is 5.73 Å². The second-order valence-corrected chi connectivity index (χ2v) is 8.88. The van der Waals surface area contributed by atoms with Gasteiger partial charge >= 0.3 is 0 Å². The maximum absolute atomic E-state index is 13.0. The molecule has 2 unspecified atom stereocenters. The predicted molar refractivity (Wildman–Crippen MR) is 86.1 cm³/mol. The fourth-order valence-electron chi connectivity index (χ4n) is 3.92. The molecule has 0 spiro atoms. The third-order valence-electron chi connectivity index (χ3n) is 5.35. The fourth-order valence-corrected chi connectivity index (χ4v) is 5.72. The van der Waals surface area contributed by atoms with E-state index in [2.05, 4.69) is 6.92 Å². The van der Waals surface area contributed by atoms with Gasteiger partial charge in [-0.15, -0.1) is 0 Å². The van der Waals surface area contributed by atoms with Gasteiger partial charge in [0.25, 0.3) is 10.2 Å². The summed E-state index contributed by atoms with van der Waals surface area (Å²) in [5.41, 5.74) is 5.65. The zero-order valence-electron chi connectivity index (χ0n) is 13.6. The molecule has 6 heteroatoms. The van der Waals surface area contributed by atoms with E-state index < -0.39 is 10.2 Å². The molecule has 1 aliphatic carbocycles. The highest BCUT2D eigenvalue weighted by Gasteiger charge is 2.44. The van der Waals surface area contributed by atoms with Crippen molar-refractivity contribution in [1.29, 1.82) is 0 Å². The first kappa shape index (κ1) is 17.2. The van der Waals surface area contributed by atoms with Gasteiger partial charge in [0.15, 0.2) is 0 Å². The summed E-state index contributed by atoms with van der Waals surface area (Å²) in [6.07, 6.45) is 8.23. The summed E-state index contributed by atoms with van der Waals surface area (Å²) >= 11 is 0. The number of nitrogens with zero attached hydrogens (tertiary/aromatic N) is 2. The van der Waals surface area contributed by atoms with Gasteiger partial charge in [0, 0.05) is 32.2 Å². The molecule has 0 bridgehead atoms. The van der Waals surface area contributed by atoms with Gasteiger partial charge in [-0.05, 0) is 31.6 Å². The van der Waals surface area contributed by atoms with Crippen LogP contribution in [0.1, 0.15) is 58.3 Å². The highest BCUT2D eigenvalue weighted by molar-refractivity contribution is 7.86. The van der Waals surface area contributed by atoms with E-state index in [0.29, 0.717) is 25.6 Å². The molecule has 1 saturated heterocycles. The van der Waals surface area contributed by atoms with Crippen molar-refractivity contribution >= 4 is 10.2 Å². The second-order valence-electron chi connectivity index (χ2n) is 6.92. The van der Waals surface area contributed by atoms with E-state index in [0.717, 1.165) is 44.9 Å². The third kappa shape index (κ3) is 3.60. The number of nitrogens with two attached hydrogens (primary N) is 1. The lowest BCUT2D eigenvalue weighted by atomic mass is 9.76. The zero-order chi connectivity index (χ0) is 15.5. The molecule has 2 rings (SSSR count). The first-order valence-electron chi connectivity index (χ1n) is 8.36. The number of hydrogen-bond donors (Lipinski definition) is 1. The standard InChI is InChI=1S/C15H31N3O2S/c1-14-8-7-9-15(12-14,13-16)17(2)21(19,20)18-10-5-3-4-6-11-18/h14H,3-13,16H2,1-2H3. The second kappa shape index (κ2) is 6.94. The van der Waals surface area contributed by atoms with Crippen LogP contribution in [0.25, 0.3) is 0 Å². The van der Waals surface area contributed by atoms with Crippen molar-refractivity contribution in [3.05, 3.63) is 0 Å². The van der Waals surface area contributed by atoms with E-state index in [-0.39, 0.29) is 5.54 Å². The lowest BCUT2D eigenvalue weighted by Gasteiger charge is -2.46. The smallest absolute Gasteiger partial charge is 0.282 e. The molecule has 1 aliphatic heterocycles. The Morgan fingerprint density at radius 3 is 2.33 bits per heavy atom. The van der Waals surface area contributed by atoms with Crippen molar-refractivity contribution in [3.8, 4) is 0 Å². The summed E-state index contributed by atoms with van der Waals surface area (Å²) in [7, 11) is -1.65. The van der Waals surface area contributed by atoms with Crippen LogP contribution >= 0.6 is 0 Å². The van der Waals surface area contributed by atoms with Gasteiger partial charge in [0.2, 0.25) is 0 Å². The minimum absolute atomic E-state index is 0.386. The van der Waals surface area contributed by atoms with Crippen LogP contribution in [0.3, 0.4) is 0 Å². The number of likely N-dealkylation sites (N-methyl/N-ethyl adjacent to an activating group) is 1. The quantitative estimate of drug-likeness (QED) is 0.862. The molecule has 0 aromatic heterocycles. The SMILES string of the molecule is CC1CCCC(CN)(N(C)S(=O)(=O)N2CCCCCC2)C1. The third-order valence-corrected chi connectivity index (χ3v) is 7.45. The van der Waals surface area contributed by atoms with Crippen LogP contribution in [0.4, 0.5) is 0 Å². The minimum Gasteiger partial charge on any atom is -0.329 e. The Labute approximate surface area is 130 Å². The molecule has 5 nitrogen and oxygen atoms in total. The topological polar surface area (TPSA) is 66.6 Å². The molecular formula is C15H31N3O2S. The first-order chi connectivity index (χ1) is 9.92. The average Bonchev–Trinajstić information content (AvgIpc) is 2.75. The predicted octanol–water partition coefficient (Wildman–Crippen LogP) is 1.95. The minimum atomic E-state index is -3.39. The maximum Gasteiger partial charge on any atom is 0.282 e. The van der Waals surface area contributed by atoms with Gasteiger partial charge in [-0.2, -0.15) is 17.0 Å². The van der Waals surface area contributed by atoms with Gasteiger partial charge in [-0.25, -0.2) is 0 Å². The van der Waals surface area contributed by atoms with Crippen LogP contribution in [0.2, 0.25) is 0 Å². The summed E-state index contributed by atoms with van der Waals surface area (Å²) in [5.74, 6) is 0.545. The van der Waals surface area contributed by atoms with E-state index in [9.17, 15) is 8.42 Å². The Hall–Kier alpha value is -0.170. The fraction of sp³-hybridized carbons (Fsp3) is 1.00. The van der Waals surface area contributed by atoms with Crippen molar-refractivity contribution in [2.45, 2.75) is 63.8 Å². The molecule has 2 atom stereocenters. The van der Waals surface area contributed by atoms with Gasteiger partial charge in [0.05, 0.1) is 0 Å². The Bertz CT molecular complexity index is 432. The van der Waals surface area contributed by atoms with Crippen LogP contribution in [0.5, 0.6) is 0 Å². The Morgan fingerprint density at radius 2 is 1.81 bits per heavy atom. The Morgan fingerprint density at radius 1 is 1.19 bits per heavy atom. The van der Waals surface area contributed by atoms with E-state index in [1.807, 2.05) is 0 Å². The molecule has 0 amide bonds. The maximum atomic E-state index is 13.0. The molecule has 124 valence electrons. The van der Waals surface area contributed by atoms with E-state index >= 15 is 0 Å². The Kier molecular flexibility index (Phi) is 5.68. The highest BCUT2D eigenvalue weighted by Crippen LogP contribution is 2.37. The van der Waals surface area contributed by atoms with Gasteiger partial charge in [-0.1, -0.05) is 32.6 Å². The molecule has 1 heterocycles. The normalized spacial score (nSPS) is 33.0. The molecular weight excluding hydrogens is 286 g/mol. The molecule has 0 aromatic rings. The molecule has 1 saturated carbocycles. The van der Waals surface area contributed by atoms with Crippen molar-refractivity contribution < 1.29 is 8.42 Å². The van der Waals surface area contributed by atoms with Crippen LogP contribution in [0.15, 0.2) is 0 Å². The largest absolute Gasteiger partial charge is 0.329 e. The molecule has 0 radical (unpaired) electrons. The summed E-state index contributed by atoms with van der Waals surface area (Å²) < 4.78 is 29.3. The molecule has 0 aromatic carbocycles. The highest BCUT2D eigenvalue weighted by atomic mass is 32.2. The van der Waals surface area contributed by atoms with Crippen molar-refractivity contribution in [2.75, 3.05) is 26.7 Å². The van der Waals surface area contributed by atoms with E-state index in [4.69, 9.17) is 5.73 Å². The number of hydrogen-bond acceptors (Lipinski definition) is 3. The van der Waals surface area contributed by atoms with E-state index in [1.165, 1.54) is 6.42 Å². The molecule has 2 N–H and O–H groups in total. The van der Waals surface area contributed by atoms with Crippen LogP contribution in [-0.2, 0) is 10.2 Å². The van der Waals surface area contributed by atoms with Gasteiger partial charge in [-0.3, -0.25) is 0 Å². The van der Waals surface area contributed by atoms with Crippen molar-refractivity contribution in [3.63, 3.8) is 0 Å². The summed E-state index contributed by atoms with van der Waals surface area (Å²) in [4.78, 5) is 0. The van der Waals surface area contributed by atoms with Crippen LogP contribution < -0.4 is 5.73 Å².